The van der Waals surface area contributed by atoms with Gasteiger partial charge in [0.2, 0.25) is 0 Å². The van der Waals surface area contributed by atoms with Crippen molar-refractivity contribution in [2.75, 3.05) is 13.2 Å². The summed E-state index contributed by atoms with van der Waals surface area (Å²) in [7, 11) is 0. The van der Waals surface area contributed by atoms with Gasteiger partial charge in [0, 0.05) is 16.7 Å². The summed E-state index contributed by atoms with van der Waals surface area (Å²) in [4.78, 5) is 44.4. The number of rotatable bonds is 7. The molecular weight excluding hydrogens is 348 g/mol. The maximum absolute atomic E-state index is 11.7. The summed E-state index contributed by atoms with van der Waals surface area (Å²) in [5.41, 5.74) is -1.32. The van der Waals surface area contributed by atoms with Gasteiger partial charge in [-0.1, -0.05) is 12.6 Å². The number of aromatic carboxylic acids is 2. The molecule has 0 heterocycles. The number of carbonyl (C=O) groups excluding carboxylic acids is 4. The first-order chi connectivity index (χ1) is 10.7. The van der Waals surface area contributed by atoms with Crippen molar-refractivity contribution in [1.29, 1.82) is 0 Å². The van der Waals surface area contributed by atoms with Crippen molar-refractivity contribution in [1.82, 2.24) is 0 Å². The molecule has 1 aromatic carbocycles. The molecule has 0 aliphatic heterocycles. The van der Waals surface area contributed by atoms with Gasteiger partial charge >= 0.3 is 49.7 Å². The van der Waals surface area contributed by atoms with E-state index in [0.29, 0.717) is 0 Å². The second-order valence-electron chi connectivity index (χ2n) is 4.39. The zero-order valence-corrected chi connectivity index (χ0v) is 15.0. The van der Waals surface area contributed by atoms with Gasteiger partial charge in [0.1, 0.15) is 13.2 Å². The van der Waals surface area contributed by atoms with E-state index in [9.17, 15) is 29.4 Å². The van der Waals surface area contributed by atoms with Crippen molar-refractivity contribution in [3.63, 3.8) is 0 Å². The van der Waals surface area contributed by atoms with Crippen molar-refractivity contribution in [2.24, 2.45) is 0 Å². The SMILES string of the molecule is C=C(C)C(=O)OCCOC(=O)c1ccc(C(=O)[O-])c(C(=O)[O-])c1.[Ca+2]. The Morgan fingerprint density at radius 3 is 2.04 bits per heavy atom. The number of ether oxygens (including phenoxy) is 2. The molecule has 0 aliphatic rings. The van der Waals surface area contributed by atoms with Crippen LogP contribution in [0.3, 0.4) is 0 Å². The molecule has 0 saturated heterocycles. The van der Waals surface area contributed by atoms with E-state index in [-0.39, 0.29) is 62.1 Å². The number of carbonyl (C=O) groups is 4. The molecule has 24 heavy (non-hydrogen) atoms. The summed E-state index contributed by atoms with van der Waals surface area (Å²) in [6.07, 6.45) is 0. The molecule has 0 aliphatic carbocycles. The second-order valence-corrected chi connectivity index (χ2v) is 4.39. The van der Waals surface area contributed by atoms with E-state index in [0.717, 1.165) is 18.2 Å². The fraction of sp³-hybridized carbons (Fsp3) is 0.200. The largest absolute Gasteiger partial charge is 2.00 e. The first-order valence-corrected chi connectivity index (χ1v) is 6.30. The second kappa shape index (κ2) is 10.1. The molecule has 0 atom stereocenters. The molecule has 0 amide bonds. The summed E-state index contributed by atoms with van der Waals surface area (Å²) in [5, 5.41) is 21.6. The molecule has 1 aromatic rings. The van der Waals surface area contributed by atoms with Crippen LogP contribution in [0.2, 0.25) is 0 Å². The van der Waals surface area contributed by atoms with Gasteiger partial charge < -0.3 is 29.3 Å². The zero-order chi connectivity index (χ0) is 17.6. The molecule has 0 bridgehead atoms. The molecule has 0 spiro atoms. The third-order valence-electron chi connectivity index (χ3n) is 2.59. The maximum Gasteiger partial charge on any atom is 2.00 e. The molecule has 0 fully saturated rings. The van der Waals surface area contributed by atoms with Crippen molar-refractivity contribution >= 4 is 61.6 Å². The van der Waals surface area contributed by atoms with Gasteiger partial charge in [0.25, 0.3) is 0 Å². The fourth-order valence-corrected chi connectivity index (χ4v) is 1.49. The van der Waals surface area contributed by atoms with E-state index in [1.807, 2.05) is 0 Å². The standard InChI is InChI=1S/C15H14O8.Ca/c1-8(2)14(20)22-5-6-23-15(21)9-3-4-10(12(16)17)11(7-9)13(18)19;/h3-4,7H,1,5-6H2,2H3,(H,16,17)(H,18,19);/q;+2/p-2. The monoisotopic (exact) mass is 360 g/mol. The molecule has 0 radical (unpaired) electrons. The minimum atomic E-state index is -1.77. The molecule has 0 aromatic heterocycles. The third-order valence-corrected chi connectivity index (χ3v) is 2.59. The van der Waals surface area contributed by atoms with Gasteiger partial charge in [0.15, 0.2) is 0 Å². The summed E-state index contributed by atoms with van der Waals surface area (Å²) >= 11 is 0. The summed E-state index contributed by atoms with van der Waals surface area (Å²) < 4.78 is 9.47. The molecule has 0 saturated carbocycles. The molecule has 0 unspecified atom stereocenters. The average Bonchev–Trinajstić information content (AvgIpc) is 2.50. The van der Waals surface area contributed by atoms with Crippen molar-refractivity contribution in [2.45, 2.75) is 6.92 Å². The number of esters is 2. The van der Waals surface area contributed by atoms with Crippen LogP contribution in [-0.4, -0.2) is 74.8 Å². The number of carboxylic acid groups (broad SMARTS) is 2. The quantitative estimate of drug-likeness (QED) is 0.243. The molecule has 122 valence electrons. The average molecular weight is 360 g/mol. The Labute approximate surface area is 167 Å². The van der Waals surface area contributed by atoms with E-state index in [4.69, 9.17) is 9.47 Å². The summed E-state index contributed by atoms with van der Waals surface area (Å²) in [5.74, 6) is -5.03. The number of benzene rings is 1. The molecule has 9 heteroatoms. The summed E-state index contributed by atoms with van der Waals surface area (Å²) in [6.45, 7) is 4.35. The molecule has 8 nitrogen and oxygen atoms in total. The van der Waals surface area contributed by atoms with Gasteiger partial charge in [-0.3, -0.25) is 0 Å². The Balaban J connectivity index is 0.00000529. The molecule has 1 rings (SSSR count). The van der Waals surface area contributed by atoms with Crippen molar-refractivity contribution < 1.29 is 38.9 Å². The van der Waals surface area contributed by atoms with Crippen LogP contribution in [0.1, 0.15) is 38.0 Å². The van der Waals surface area contributed by atoms with Crippen LogP contribution in [0, 0.1) is 0 Å². The van der Waals surface area contributed by atoms with Crippen LogP contribution in [0.25, 0.3) is 0 Å². The predicted octanol–water partition coefficient (Wildman–Crippen LogP) is -1.69. The Morgan fingerprint density at radius 1 is 1.00 bits per heavy atom. The van der Waals surface area contributed by atoms with Crippen molar-refractivity contribution in [3.8, 4) is 0 Å². The van der Waals surface area contributed by atoms with Gasteiger partial charge in [0.05, 0.1) is 17.5 Å². The van der Waals surface area contributed by atoms with E-state index >= 15 is 0 Å². The van der Waals surface area contributed by atoms with Crippen LogP contribution < -0.4 is 10.2 Å². The van der Waals surface area contributed by atoms with E-state index < -0.39 is 35.0 Å². The van der Waals surface area contributed by atoms with Gasteiger partial charge in [-0.05, 0) is 19.1 Å². The van der Waals surface area contributed by atoms with Crippen LogP contribution in [0.5, 0.6) is 0 Å². The fourth-order valence-electron chi connectivity index (χ4n) is 1.49. The molecular formula is C15H12CaO8. The minimum Gasteiger partial charge on any atom is -0.545 e. The minimum absolute atomic E-state index is 0. The van der Waals surface area contributed by atoms with Crippen LogP contribution >= 0.6 is 0 Å². The van der Waals surface area contributed by atoms with Crippen LogP contribution in [0.4, 0.5) is 0 Å². The van der Waals surface area contributed by atoms with E-state index in [1.165, 1.54) is 6.92 Å². The first kappa shape index (κ1) is 22.1. The normalized spacial score (nSPS) is 9.38. The topological polar surface area (TPSA) is 133 Å². The Bertz CT molecular complexity index is 680. The van der Waals surface area contributed by atoms with Crippen LogP contribution in [0.15, 0.2) is 30.4 Å². The number of carboxylic acids is 2. The molecule has 0 N–H and O–H groups in total. The number of hydrogen-bond donors (Lipinski definition) is 0. The van der Waals surface area contributed by atoms with Gasteiger partial charge in [-0.2, -0.15) is 0 Å². The first-order valence-electron chi connectivity index (χ1n) is 6.30. The Kier molecular flexibility index (Phi) is 9.27. The summed E-state index contributed by atoms with van der Waals surface area (Å²) in [6, 6.07) is 2.78. The zero-order valence-electron chi connectivity index (χ0n) is 12.8. The third kappa shape index (κ3) is 6.31. The maximum atomic E-state index is 11.7. The van der Waals surface area contributed by atoms with Gasteiger partial charge in [-0.25, -0.2) is 9.59 Å². The van der Waals surface area contributed by atoms with Gasteiger partial charge in [-0.15, -0.1) is 0 Å². The van der Waals surface area contributed by atoms with E-state index in [1.54, 1.807) is 0 Å². The van der Waals surface area contributed by atoms with Crippen molar-refractivity contribution in [3.05, 3.63) is 47.0 Å². The van der Waals surface area contributed by atoms with Crippen LogP contribution in [-0.2, 0) is 14.3 Å². The smallest absolute Gasteiger partial charge is 0.545 e. The predicted molar refractivity (Wildman–Crippen MR) is 76.9 cm³/mol. The van der Waals surface area contributed by atoms with E-state index in [2.05, 4.69) is 6.58 Å². The Hall–Kier alpha value is -1.90. The number of hydrogen-bond acceptors (Lipinski definition) is 8. The Morgan fingerprint density at radius 2 is 1.54 bits per heavy atom.